The number of fused-ring (bicyclic) bond motifs is 1. The van der Waals surface area contributed by atoms with Gasteiger partial charge in [0.2, 0.25) is 5.89 Å². The molecule has 0 aliphatic rings. The van der Waals surface area contributed by atoms with Crippen LogP contribution < -0.4 is 0 Å². The van der Waals surface area contributed by atoms with E-state index in [0.29, 0.717) is 12.4 Å². The maximum absolute atomic E-state index is 9.65. The van der Waals surface area contributed by atoms with Gasteiger partial charge in [-0.15, -0.1) is 0 Å². The van der Waals surface area contributed by atoms with Crippen molar-refractivity contribution in [2.75, 3.05) is 0 Å². The highest BCUT2D eigenvalue weighted by Crippen LogP contribution is 2.26. The Hall–Kier alpha value is -2.85. The van der Waals surface area contributed by atoms with Gasteiger partial charge in [-0.1, -0.05) is 30.3 Å². The number of para-hydroxylation sites is 1. The molecule has 0 radical (unpaired) electrons. The first-order valence-electron chi connectivity index (χ1n) is 8.82. The Morgan fingerprint density at radius 2 is 1.81 bits per heavy atom. The van der Waals surface area contributed by atoms with E-state index < -0.39 is 6.10 Å². The molecule has 26 heavy (non-hydrogen) atoms. The van der Waals surface area contributed by atoms with Crippen molar-refractivity contribution >= 4 is 10.9 Å². The summed E-state index contributed by atoms with van der Waals surface area (Å²) in [5, 5.41) is 10.9. The summed E-state index contributed by atoms with van der Waals surface area (Å²) in [7, 11) is 0. The molecule has 0 bridgehead atoms. The molecule has 4 aromatic rings. The SMILES string of the molecule is Cc1oc(-c2ccc(C(C)O)cc2)nc1Cn1c(C)cc2ccccc21. The Bertz CT molecular complexity index is 1060. The molecule has 0 aliphatic carbocycles. The molecule has 4 rings (SSSR count). The predicted molar refractivity (Wildman–Crippen MR) is 103 cm³/mol. The van der Waals surface area contributed by atoms with Crippen LogP contribution in [0.4, 0.5) is 0 Å². The Balaban J connectivity index is 1.67. The van der Waals surface area contributed by atoms with Crippen molar-refractivity contribution in [3.63, 3.8) is 0 Å². The highest BCUT2D eigenvalue weighted by molar-refractivity contribution is 5.81. The van der Waals surface area contributed by atoms with E-state index in [1.165, 1.54) is 16.6 Å². The third-order valence-electron chi connectivity index (χ3n) is 4.86. The monoisotopic (exact) mass is 346 g/mol. The molecule has 132 valence electrons. The van der Waals surface area contributed by atoms with Gasteiger partial charge in [0.05, 0.1) is 12.6 Å². The Labute approximate surface area is 152 Å². The van der Waals surface area contributed by atoms with Crippen molar-refractivity contribution in [3.8, 4) is 11.5 Å². The summed E-state index contributed by atoms with van der Waals surface area (Å²) in [6, 6.07) is 18.3. The Morgan fingerprint density at radius 1 is 1.08 bits per heavy atom. The average Bonchev–Trinajstić information content (AvgIpc) is 3.16. The van der Waals surface area contributed by atoms with Gasteiger partial charge >= 0.3 is 0 Å². The first-order valence-corrected chi connectivity index (χ1v) is 8.82. The van der Waals surface area contributed by atoms with Gasteiger partial charge in [-0.05, 0) is 56.0 Å². The average molecular weight is 346 g/mol. The van der Waals surface area contributed by atoms with E-state index in [-0.39, 0.29) is 0 Å². The molecule has 4 nitrogen and oxygen atoms in total. The lowest BCUT2D eigenvalue weighted by Gasteiger charge is -2.06. The van der Waals surface area contributed by atoms with Crippen LogP contribution in [0.3, 0.4) is 0 Å². The molecule has 1 atom stereocenters. The minimum absolute atomic E-state index is 0.476. The van der Waals surface area contributed by atoms with Crippen LogP contribution in [-0.2, 0) is 6.54 Å². The molecule has 0 saturated heterocycles. The number of aliphatic hydroxyl groups is 1. The fourth-order valence-electron chi connectivity index (χ4n) is 3.31. The standard InChI is InChI=1S/C22H22N2O2/c1-14-12-19-6-4-5-7-21(19)24(14)13-20-16(3)26-22(23-20)18-10-8-17(9-11-18)15(2)25/h4-12,15,25H,13H2,1-3H3. The lowest BCUT2D eigenvalue weighted by atomic mass is 10.1. The number of nitrogens with zero attached hydrogens (tertiary/aromatic N) is 2. The van der Waals surface area contributed by atoms with Gasteiger partial charge in [-0.3, -0.25) is 0 Å². The number of hydrogen-bond acceptors (Lipinski definition) is 3. The molecule has 0 aliphatic heterocycles. The Kier molecular flexibility index (Phi) is 4.13. The number of aliphatic hydroxyl groups excluding tert-OH is 1. The third-order valence-corrected chi connectivity index (χ3v) is 4.86. The second kappa shape index (κ2) is 6.46. The van der Waals surface area contributed by atoms with E-state index in [0.717, 1.165) is 22.6 Å². The van der Waals surface area contributed by atoms with Gasteiger partial charge in [-0.25, -0.2) is 4.98 Å². The number of hydrogen-bond donors (Lipinski definition) is 1. The second-order valence-electron chi connectivity index (χ2n) is 6.75. The largest absolute Gasteiger partial charge is 0.441 e. The quantitative estimate of drug-likeness (QED) is 0.565. The van der Waals surface area contributed by atoms with Crippen LogP contribution in [0.2, 0.25) is 0 Å². The first kappa shape index (κ1) is 16.6. The predicted octanol–water partition coefficient (Wildman–Crippen LogP) is 5.01. The van der Waals surface area contributed by atoms with E-state index in [1.54, 1.807) is 6.92 Å². The molecule has 2 aromatic heterocycles. The molecule has 0 saturated carbocycles. The lowest BCUT2D eigenvalue weighted by Crippen LogP contribution is -2.03. The highest BCUT2D eigenvalue weighted by atomic mass is 16.4. The smallest absolute Gasteiger partial charge is 0.226 e. The molecular formula is C22H22N2O2. The fourth-order valence-corrected chi connectivity index (χ4v) is 3.31. The van der Waals surface area contributed by atoms with Crippen LogP contribution in [0.5, 0.6) is 0 Å². The van der Waals surface area contributed by atoms with E-state index in [2.05, 4.69) is 41.8 Å². The second-order valence-corrected chi connectivity index (χ2v) is 6.75. The van der Waals surface area contributed by atoms with Gasteiger partial charge in [0.25, 0.3) is 0 Å². The Morgan fingerprint density at radius 3 is 2.54 bits per heavy atom. The van der Waals surface area contributed by atoms with E-state index in [4.69, 9.17) is 9.40 Å². The topological polar surface area (TPSA) is 51.2 Å². The molecular weight excluding hydrogens is 324 g/mol. The summed E-state index contributed by atoms with van der Waals surface area (Å²) in [5.41, 5.74) is 5.14. The van der Waals surface area contributed by atoms with Crippen LogP contribution in [0.1, 0.15) is 35.7 Å². The van der Waals surface area contributed by atoms with Crippen LogP contribution in [0, 0.1) is 13.8 Å². The third kappa shape index (κ3) is 2.93. The number of oxazole rings is 1. The van der Waals surface area contributed by atoms with Crippen LogP contribution in [0.15, 0.2) is 59.0 Å². The van der Waals surface area contributed by atoms with Crippen LogP contribution in [-0.4, -0.2) is 14.7 Å². The molecule has 4 heteroatoms. The van der Waals surface area contributed by atoms with Crippen molar-refractivity contribution in [1.82, 2.24) is 9.55 Å². The summed E-state index contributed by atoms with van der Waals surface area (Å²) < 4.78 is 8.18. The number of rotatable bonds is 4. The van der Waals surface area contributed by atoms with Crippen molar-refractivity contribution < 1.29 is 9.52 Å². The van der Waals surface area contributed by atoms with Crippen LogP contribution >= 0.6 is 0 Å². The van der Waals surface area contributed by atoms with Gasteiger partial charge in [0.1, 0.15) is 11.5 Å². The fraction of sp³-hybridized carbons (Fsp3) is 0.227. The zero-order chi connectivity index (χ0) is 18.3. The summed E-state index contributed by atoms with van der Waals surface area (Å²) in [5.74, 6) is 1.44. The van der Waals surface area contributed by atoms with Gasteiger partial charge in [0.15, 0.2) is 0 Å². The van der Waals surface area contributed by atoms with E-state index in [1.807, 2.05) is 31.2 Å². The zero-order valence-electron chi connectivity index (χ0n) is 15.2. The van der Waals surface area contributed by atoms with Gasteiger partial charge in [0, 0.05) is 16.8 Å². The van der Waals surface area contributed by atoms with Crippen molar-refractivity contribution in [1.29, 1.82) is 0 Å². The van der Waals surface area contributed by atoms with E-state index >= 15 is 0 Å². The minimum atomic E-state index is -0.476. The number of benzene rings is 2. The van der Waals surface area contributed by atoms with E-state index in [9.17, 15) is 5.11 Å². The molecule has 2 aromatic carbocycles. The maximum atomic E-state index is 9.65. The number of aromatic nitrogens is 2. The van der Waals surface area contributed by atoms with Gasteiger partial charge in [-0.2, -0.15) is 0 Å². The lowest BCUT2D eigenvalue weighted by molar-refractivity contribution is 0.199. The summed E-state index contributed by atoms with van der Waals surface area (Å²) >= 11 is 0. The van der Waals surface area contributed by atoms with Crippen molar-refractivity contribution in [2.24, 2.45) is 0 Å². The molecule has 2 heterocycles. The highest BCUT2D eigenvalue weighted by Gasteiger charge is 2.14. The summed E-state index contributed by atoms with van der Waals surface area (Å²) in [6.45, 7) is 6.51. The minimum Gasteiger partial charge on any atom is -0.441 e. The van der Waals surface area contributed by atoms with Crippen LogP contribution in [0.25, 0.3) is 22.4 Å². The molecule has 0 spiro atoms. The van der Waals surface area contributed by atoms with Crippen molar-refractivity contribution in [3.05, 3.63) is 77.3 Å². The molecule has 0 amide bonds. The first-order chi connectivity index (χ1) is 12.5. The molecule has 1 unspecified atom stereocenters. The molecule has 1 N–H and O–H groups in total. The normalized spacial score (nSPS) is 12.6. The van der Waals surface area contributed by atoms with Crippen molar-refractivity contribution in [2.45, 2.75) is 33.4 Å². The zero-order valence-corrected chi connectivity index (χ0v) is 15.2. The molecule has 0 fully saturated rings. The summed E-state index contributed by atoms with van der Waals surface area (Å²) in [6.07, 6.45) is -0.476. The summed E-state index contributed by atoms with van der Waals surface area (Å²) in [4.78, 5) is 4.73. The number of aryl methyl sites for hydroxylation is 2. The van der Waals surface area contributed by atoms with Gasteiger partial charge < -0.3 is 14.1 Å². The maximum Gasteiger partial charge on any atom is 0.226 e.